The van der Waals surface area contributed by atoms with Crippen LogP contribution in [0.2, 0.25) is 0 Å². The second kappa shape index (κ2) is 10.1. The first kappa shape index (κ1) is 26.3. The van der Waals surface area contributed by atoms with Gasteiger partial charge in [-0.1, -0.05) is 18.2 Å². The van der Waals surface area contributed by atoms with Crippen molar-refractivity contribution in [2.75, 3.05) is 26.7 Å². The number of methoxy groups -OCH3 is 1. The Balaban J connectivity index is 1.22. The minimum absolute atomic E-state index is 0.0375. The zero-order valence-corrected chi connectivity index (χ0v) is 24.8. The number of rotatable bonds is 7. The minimum Gasteiger partial charge on any atom is -0.494 e. The van der Waals surface area contributed by atoms with Crippen LogP contribution in [0.5, 0.6) is 5.75 Å². The molecule has 2 aromatic heterocycles. The number of nitrogens with zero attached hydrogens (tertiary/aromatic N) is 4. The summed E-state index contributed by atoms with van der Waals surface area (Å²) >= 11 is 0. The smallest absolute Gasteiger partial charge is 0.254 e. The summed E-state index contributed by atoms with van der Waals surface area (Å²) in [5.41, 5.74) is 12.7. The van der Waals surface area contributed by atoms with Crippen LogP contribution in [0.25, 0.3) is 33.5 Å². The van der Waals surface area contributed by atoms with Gasteiger partial charge >= 0.3 is 0 Å². The molecule has 2 bridgehead atoms. The lowest BCUT2D eigenvalue weighted by Gasteiger charge is -2.27. The summed E-state index contributed by atoms with van der Waals surface area (Å²) in [6, 6.07) is 13.2. The van der Waals surface area contributed by atoms with Crippen molar-refractivity contribution in [2.45, 2.75) is 63.6 Å². The molecule has 3 atom stereocenters. The molecule has 42 heavy (non-hydrogen) atoms. The van der Waals surface area contributed by atoms with Crippen LogP contribution in [0.15, 0.2) is 36.4 Å². The van der Waals surface area contributed by atoms with Crippen molar-refractivity contribution in [2.24, 2.45) is 30.5 Å². The minimum atomic E-state index is 0.0375. The number of fused-ring (bicyclic) bond motifs is 4. The monoisotopic (exact) mass is 566 g/mol. The Morgan fingerprint density at radius 3 is 2.60 bits per heavy atom. The number of imidazole rings is 1. The molecule has 4 aromatic rings. The van der Waals surface area contributed by atoms with Crippen molar-refractivity contribution < 1.29 is 9.53 Å². The molecule has 4 heterocycles. The first-order valence-electron chi connectivity index (χ1n) is 15.9. The Morgan fingerprint density at radius 2 is 1.88 bits per heavy atom. The van der Waals surface area contributed by atoms with E-state index in [2.05, 4.69) is 45.8 Å². The molecular formula is C34H42N6O2. The van der Waals surface area contributed by atoms with Crippen molar-refractivity contribution in [1.29, 1.82) is 0 Å². The maximum Gasteiger partial charge on any atom is 0.254 e. The van der Waals surface area contributed by atoms with E-state index in [-0.39, 0.29) is 18.0 Å². The Kier molecular flexibility index (Phi) is 6.34. The number of aromatic nitrogens is 3. The summed E-state index contributed by atoms with van der Waals surface area (Å²) < 4.78 is 10.6. The van der Waals surface area contributed by atoms with Crippen LogP contribution in [0.4, 0.5) is 0 Å². The standard InChI is InChI=1S/C34H42N6O2/c1-38-32-26(15-25(17-29(32)42-2)34(41)40-19-24-8-9-27(40)30(24)35)37-33(38)28-16-23-5-3-4-22(14-20-10-12-36-13-11-20)31(23)39(28)18-21-6-7-21/h3-5,15-17,20-21,24,27,30,36H,6-14,18-19,35H2,1-2H3/t24-,27-,30?/m1/s1. The van der Waals surface area contributed by atoms with E-state index in [1.807, 2.05) is 17.0 Å². The fourth-order valence-corrected chi connectivity index (χ4v) is 8.16. The van der Waals surface area contributed by atoms with Crippen molar-refractivity contribution in [3.05, 3.63) is 47.5 Å². The van der Waals surface area contributed by atoms with Gasteiger partial charge in [-0.3, -0.25) is 4.79 Å². The van der Waals surface area contributed by atoms with Gasteiger partial charge in [-0.15, -0.1) is 0 Å². The summed E-state index contributed by atoms with van der Waals surface area (Å²) in [5.74, 6) is 3.50. The molecule has 1 amide bonds. The average molecular weight is 567 g/mol. The molecule has 1 unspecified atom stereocenters. The molecule has 2 aliphatic carbocycles. The summed E-state index contributed by atoms with van der Waals surface area (Å²) in [6.45, 7) is 4.00. The van der Waals surface area contributed by atoms with Crippen LogP contribution in [0.1, 0.15) is 54.4 Å². The van der Waals surface area contributed by atoms with Crippen LogP contribution in [-0.4, -0.2) is 63.8 Å². The zero-order chi connectivity index (χ0) is 28.5. The second-order valence-corrected chi connectivity index (χ2v) is 13.3. The highest BCUT2D eigenvalue weighted by Crippen LogP contribution is 2.41. The van der Waals surface area contributed by atoms with Crippen molar-refractivity contribution in [3.8, 4) is 17.3 Å². The molecule has 8 rings (SSSR count). The van der Waals surface area contributed by atoms with Gasteiger partial charge in [0.05, 0.1) is 23.8 Å². The topological polar surface area (TPSA) is 90.3 Å². The largest absolute Gasteiger partial charge is 0.494 e. The second-order valence-electron chi connectivity index (χ2n) is 13.3. The maximum atomic E-state index is 13.7. The summed E-state index contributed by atoms with van der Waals surface area (Å²) in [5, 5.41) is 4.80. The highest BCUT2D eigenvalue weighted by atomic mass is 16.5. The fraction of sp³-hybridized carbons (Fsp3) is 0.529. The Hall–Kier alpha value is -3.36. The van der Waals surface area contributed by atoms with E-state index in [0.29, 0.717) is 17.2 Å². The molecule has 2 aliphatic heterocycles. The summed E-state index contributed by atoms with van der Waals surface area (Å²) in [6.07, 6.45) is 8.30. The van der Waals surface area contributed by atoms with Crippen molar-refractivity contribution in [1.82, 2.24) is 24.3 Å². The third-order valence-corrected chi connectivity index (χ3v) is 10.7. The molecular weight excluding hydrogens is 524 g/mol. The number of nitrogens with two attached hydrogens (primary N) is 1. The van der Waals surface area contributed by atoms with Crippen molar-refractivity contribution >= 4 is 27.8 Å². The quantitative estimate of drug-likeness (QED) is 0.338. The normalized spacial score (nSPS) is 24.4. The number of carbonyl (C=O) groups is 1. The Morgan fingerprint density at radius 1 is 1.05 bits per heavy atom. The zero-order valence-electron chi connectivity index (χ0n) is 24.8. The SMILES string of the molecule is COc1cc(C(=O)N2C[C@H]3CC[C@@H]2C3N)cc2nc(-c3cc4cccc(CC5CCNCC5)c4n3CC3CC3)n(C)c12. The number of aryl methyl sites for hydroxylation is 1. The number of para-hydroxylation sites is 1. The van der Waals surface area contributed by atoms with Gasteiger partial charge in [-0.05, 0) is 99.6 Å². The van der Waals surface area contributed by atoms with Gasteiger partial charge in [-0.2, -0.15) is 0 Å². The molecule has 2 saturated heterocycles. The lowest BCUT2D eigenvalue weighted by molar-refractivity contribution is 0.0700. The Bertz CT molecular complexity index is 1680. The lowest BCUT2D eigenvalue weighted by atomic mass is 9.90. The van der Waals surface area contributed by atoms with Crippen LogP contribution in [-0.2, 0) is 20.0 Å². The molecule has 8 nitrogen and oxygen atoms in total. The summed E-state index contributed by atoms with van der Waals surface area (Å²) in [7, 11) is 3.75. The van der Waals surface area contributed by atoms with E-state index < -0.39 is 0 Å². The average Bonchev–Trinajstić information content (AvgIpc) is 3.39. The highest BCUT2D eigenvalue weighted by Gasteiger charge is 2.47. The fourth-order valence-electron chi connectivity index (χ4n) is 8.16. The third kappa shape index (κ3) is 4.25. The van der Waals surface area contributed by atoms with Crippen LogP contribution < -0.4 is 15.8 Å². The molecule has 4 aliphatic rings. The predicted molar refractivity (Wildman–Crippen MR) is 166 cm³/mol. The number of hydrogen-bond donors (Lipinski definition) is 2. The maximum absolute atomic E-state index is 13.7. The first-order valence-corrected chi connectivity index (χ1v) is 15.9. The predicted octanol–water partition coefficient (Wildman–Crippen LogP) is 4.72. The van der Waals surface area contributed by atoms with E-state index in [1.54, 1.807) is 7.11 Å². The van der Waals surface area contributed by atoms with Gasteiger partial charge in [0, 0.05) is 43.2 Å². The molecule has 8 heteroatoms. The van der Waals surface area contributed by atoms with E-state index in [9.17, 15) is 4.79 Å². The van der Waals surface area contributed by atoms with E-state index in [4.69, 9.17) is 15.5 Å². The van der Waals surface area contributed by atoms with Crippen LogP contribution >= 0.6 is 0 Å². The molecule has 220 valence electrons. The van der Waals surface area contributed by atoms with E-state index >= 15 is 0 Å². The first-order chi connectivity index (χ1) is 20.5. The number of benzene rings is 2. The van der Waals surface area contributed by atoms with Crippen LogP contribution in [0, 0.1) is 17.8 Å². The number of piperidine rings is 2. The lowest BCUT2D eigenvalue weighted by Crippen LogP contribution is -2.41. The van der Waals surface area contributed by atoms with Gasteiger partial charge in [-0.25, -0.2) is 4.98 Å². The molecule has 4 fully saturated rings. The molecule has 3 N–H and O–H groups in total. The molecule has 2 aromatic carbocycles. The summed E-state index contributed by atoms with van der Waals surface area (Å²) in [4.78, 5) is 20.9. The molecule has 2 saturated carbocycles. The number of hydrogen-bond acceptors (Lipinski definition) is 5. The van der Waals surface area contributed by atoms with Gasteiger partial charge in [0.25, 0.3) is 5.91 Å². The van der Waals surface area contributed by atoms with Crippen molar-refractivity contribution in [3.63, 3.8) is 0 Å². The number of nitrogens with one attached hydrogen (secondary N) is 1. The highest BCUT2D eigenvalue weighted by molar-refractivity contribution is 6.00. The Labute approximate surface area is 247 Å². The number of likely N-dealkylation sites (tertiary alicyclic amines) is 1. The third-order valence-electron chi connectivity index (χ3n) is 10.7. The van der Waals surface area contributed by atoms with Gasteiger partial charge in [0.2, 0.25) is 0 Å². The molecule has 0 spiro atoms. The van der Waals surface area contributed by atoms with Gasteiger partial charge < -0.3 is 29.8 Å². The number of carbonyl (C=O) groups excluding carboxylic acids is 1. The molecule has 0 radical (unpaired) electrons. The number of amides is 1. The number of ether oxygens (including phenoxy) is 1. The van der Waals surface area contributed by atoms with Gasteiger partial charge in [0.1, 0.15) is 11.3 Å². The van der Waals surface area contributed by atoms with Crippen LogP contribution in [0.3, 0.4) is 0 Å². The van der Waals surface area contributed by atoms with Gasteiger partial charge in [0.15, 0.2) is 5.82 Å². The van der Waals surface area contributed by atoms with E-state index in [1.165, 1.54) is 42.1 Å². The van der Waals surface area contributed by atoms with E-state index in [0.717, 1.165) is 79.8 Å².